The number of benzene rings is 2. The van der Waals surface area contributed by atoms with Crippen molar-refractivity contribution in [2.75, 3.05) is 52.4 Å². The molecule has 212 valence electrons. The largest absolute Gasteiger partial charge is 0.493 e. The van der Waals surface area contributed by atoms with Gasteiger partial charge in [0.2, 0.25) is 5.91 Å². The van der Waals surface area contributed by atoms with Gasteiger partial charge in [-0.3, -0.25) is 9.69 Å². The summed E-state index contributed by atoms with van der Waals surface area (Å²) in [6.45, 7) is 7.78. The van der Waals surface area contributed by atoms with E-state index in [4.69, 9.17) is 20.8 Å². The number of halogens is 1. The number of hydrogen-bond acceptors (Lipinski definition) is 6. The van der Waals surface area contributed by atoms with E-state index in [1.165, 1.54) is 0 Å². The van der Waals surface area contributed by atoms with Gasteiger partial charge in [-0.15, -0.1) is 0 Å². The highest BCUT2D eigenvalue weighted by atomic mass is 35.5. The smallest absolute Gasteiger partial charge is 0.234 e. The first-order chi connectivity index (χ1) is 19.6. The molecule has 2 aromatic carbocycles. The number of imidazole rings is 1. The van der Waals surface area contributed by atoms with Crippen molar-refractivity contribution >= 4 is 28.5 Å². The lowest BCUT2D eigenvalue weighted by molar-refractivity contribution is -0.122. The Morgan fingerprint density at radius 3 is 2.60 bits per heavy atom. The Balaban J connectivity index is 0.919. The van der Waals surface area contributed by atoms with E-state index < -0.39 is 0 Å². The quantitative estimate of drug-likeness (QED) is 0.209. The summed E-state index contributed by atoms with van der Waals surface area (Å²) in [7, 11) is 0. The summed E-state index contributed by atoms with van der Waals surface area (Å²) < 4.78 is 13.8. The van der Waals surface area contributed by atoms with E-state index in [9.17, 15) is 4.79 Å². The van der Waals surface area contributed by atoms with E-state index in [0.717, 1.165) is 97.8 Å². The second-order valence-corrected chi connectivity index (χ2v) is 10.8. The minimum Gasteiger partial charge on any atom is -0.493 e. The Morgan fingerprint density at radius 1 is 0.975 bits per heavy atom. The number of ether oxygens (including phenoxy) is 1. The highest BCUT2D eigenvalue weighted by Crippen LogP contribution is 2.33. The molecule has 4 aromatic rings. The number of furan rings is 1. The second-order valence-electron chi connectivity index (χ2n) is 10.3. The molecule has 1 N–H and O–H groups in total. The van der Waals surface area contributed by atoms with Crippen molar-refractivity contribution < 1.29 is 13.9 Å². The van der Waals surface area contributed by atoms with E-state index >= 15 is 0 Å². The third kappa shape index (κ3) is 8.10. The monoisotopic (exact) mass is 563 g/mol. The Morgan fingerprint density at radius 2 is 1.80 bits per heavy atom. The predicted octanol–water partition coefficient (Wildman–Crippen LogP) is 5.32. The van der Waals surface area contributed by atoms with Crippen molar-refractivity contribution in [2.45, 2.75) is 32.2 Å². The van der Waals surface area contributed by atoms with E-state index in [1.807, 2.05) is 47.2 Å². The number of rotatable bonds is 14. The van der Waals surface area contributed by atoms with Crippen molar-refractivity contribution in [3.05, 3.63) is 72.5 Å². The van der Waals surface area contributed by atoms with Crippen LogP contribution in [0.5, 0.6) is 5.75 Å². The van der Waals surface area contributed by atoms with Crippen LogP contribution in [0.15, 0.2) is 71.9 Å². The number of aromatic nitrogens is 2. The molecule has 0 aliphatic carbocycles. The summed E-state index contributed by atoms with van der Waals surface area (Å²) in [6, 6.07) is 13.8. The summed E-state index contributed by atoms with van der Waals surface area (Å²) in [5.41, 5.74) is 2.96. The molecule has 1 fully saturated rings. The first kappa shape index (κ1) is 28.2. The average Bonchev–Trinajstić information content (AvgIpc) is 3.64. The van der Waals surface area contributed by atoms with Crippen LogP contribution in [-0.4, -0.2) is 77.7 Å². The van der Waals surface area contributed by atoms with Gasteiger partial charge < -0.3 is 23.9 Å². The van der Waals surface area contributed by atoms with Crippen LogP contribution >= 0.6 is 11.6 Å². The van der Waals surface area contributed by atoms with Gasteiger partial charge in [-0.05, 0) is 62.1 Å². The molecule has 0 atom stereocenters. The molecule has 8 nitrogen and oxygen atoms in total. The molecule has 2 aromatic heterocycles. The minimum absolute atomic E-state index is 0.118. The van der Waals surface area contributed by atoms with Crippen LogP contribution in [0.3, 0.4) is 0 Å². The number of carbonyl (C=O) groups excluding carboxylic acids is 1. The van der Waals surface area contributed by atoms with E-state index in [0.29, 0.717) is 19.7 Å². The third-order valence-corrected chi connectivity index (χ3v) is 7.65. The molecule has 1 aliphatic rings. The molecule has 0 saturated carbocycles. The number of piperazine rings is 1. The Kier molecular flexibility index (Phi) is 10.1. The zero-order chi connectivity index (χ0) is 27.6. The van der Waals surface area contributed by atoms with Gasteiger partial charge in [0.15, 0.2) is 0 Å². The average molecular weight is 564 g/mol. The van der Waals surface area contributed by atoms with Crippen LogP contribution < -0.4 is 10.1 Å². The van der Waals surface area contributed by atoms with Crippen molar-refractivity contribution in [3.63, 3.8) is 0 Å². The lowest BCUT2D eigenvalue weighted by atomic mass is 10.0. The fraction of sp³-hybridized carbons (Fsp3) is 0.419. The van der Waals surface area contributed by atoms with Crippen LogP contribution in [0.2, 0.25) is 5.02 Å². The molecule has 0 unspecified atom stereocenters. The number of nitrogens with one attached hydrogen (secondary N) is 1. The molecule has 40 heavy (non-hydrogen) atoms. The fourth-order valence-corrected chi connectivity index (χ4v) is 5.22. The van der Waals surface area contributed by atoms with Gasteiger partial charge in [0.25, 0.3) is 0 Å². The maximum Gasteiger partial charge on any atom is 0.234 e. The molecule has 5 rings (SSSR count). The summed E-state index contributed by atoms with van der Waals surface area (Å²) in [5.74, 6) is 0.954. The predicted molar refractivity (Wildman–Crippen MR) is 159 cm³/mol. The van der Waals surface area contributed by atoms with Gasteiger partial charge in [-0.2, -0.15) is 0 Å². The first-order valence-electron chi connectivity index (χ1n) is 14.2. The zero-order valence-electron chi connectivity index (χ0n) is 22.9. The van der Waals surface area contributed by atoms with Crippen molar-refractivity contribution in [2.24, 2.45) is 0 Å². The lowest BCUT2D eigenvalue weighted by Gasteiger charge is -2.34. The second kappa shape index (κ2) is 14.3. The van der Waals surface area contributed by atoms with E-state index in [-0.39, 0.29) is 5.91 Å². The summed E-state index contributed by atoms with van der Waals surface area (Å²) in [5, 5.41) is 4.83. The maximum absolute atomic E-state index is 12.3. The molecular formula is C31H38ClN5O3. The molecule has 9 heteroatoms. The first-order valence-corrected chi connectivity index (χ1v) is 14.6. The van der Waals surface area contributed by atoms with Gasteiger partial charge in [0, 0.05) is 73.7 Å². The number of amides is 1. The third-order valence-electron chi connectivity index (χ3n) is 7.40. The number of carbonyl (C=O) groups is 1. The van der Waals surface area contributed by atoms with Crippen LogP contribution in [0, 0.1) is 0 Å². The van der Waals surface area contributed by atoms with Crippen molar-refractivity contribution in [1.82, 2.24) is 24.7 Å². The molecule has 3 heterocycles. The lowest BCUT2D eigenvalue weighted by Crippen LogP contribution is -2.49. The van der Waals surface area contributed by atoms with Crippen molar-refractivity contribution in [3.8, 4) is 16.9 Å². The normalized spacial score (nSPS) is 14.5. The van der Waals surface area contributed by atoms with Gasteiger partial charge in [0.05, 0.1) is 25.7 Å². The topological polar surface area (TPSA) is 75.8 Å². The number of unbranched alkanes of at least 4 members (excludes halogenated alkanes) is 2. The fourth-order valence-electron chi connectivity index (χ4n) is 5.09. The number of hydrogen-bond donors (Lipinski definition) is 1. The van der Waals surface area contributed by atoms with Gasteiger partial charge in [0.1, 0.15) is 11.3 Å². The summed E-state index contributed by atoms with van der Waals surface area (Å²) >= 11 is 6.02. The molecule has 1 amide bonds. The van der Waals surface area contributed by atoms with E-state index in [2.05, 4.69) is 26.2 Å². The van der Waals surface area contributed by atoms with Gasteiger partial charge in [-0.1, -0.05) is 23.7 Å². The highest BCUT2D eigenvalue weighted by molar-refractivity contribution is 6.30. The molecule has 0 bridgehead atoms. The highest BCUT2D eigenvalue weighted by Gasteiger charge is 2.18. The SMILES string of the molecule is O=C(CN1CCN(CCCCCOc2ccc3c(-c4ccc(Cl)cc4)coc3c2)CC1)NCCCn1ccnc1. The van der Waals surface area contributed by atoms with Crippen LogP contribution in [0.4, 0.5) is 0 Å². The van der Waals surface area contributed by atoms with Crippen LogP contribution in [0.1, 0.15) is 25.7 Å². The Labute approximate surface area is 240 Å². The maximum atomic E-state index is 12.3. The number of nitrogens with zero attached hydrogens (tertiary/aromatic N) is 4. The van der Waals surface area contributed by atoms with Crippen LogP contribution in [-0.2, 0) is 11.3 Å². The number of aryl methyl sites for hydroxylation is 1. The number of fused-ring (bicyclic) bond motifs is 1. The van der Waals surface area contributed by atoms with E-state index in [1.54, 1.807) is 18.8 Å². The zero-order valence-corrected chi connectivity index (χ0v) is 23.7. The molecule has 0 radical (unpaired) electrons. The minimum atomic E-state index is 0.118. The Bertz CT molecular complexity index is 1330. The molecular weight excluding hydrogens is 526 g/mol. The molecule has 0 spiro atoms. The standard InChI is InChI=1S/C31H38ClN5O3/c32-26-7-5-25(6-8-26)29-23-40-30-21-27(9-10-28(29)30)39-20-3-1-2-13-35-16-18-36(19-17-35)22-31(38)34-11-4-14-37-15-12-33-24-37/h5-10,12,15,21,23-24H,1-4,11,13-14,16-20,22H2,(H,34,38). The molecule has 1 aliphatic heterocycles. The van der Waals surface area contributed by atoms with Gasteiger partial charge in [-0.25, -0.2) is 4.98 Å². The molecule has 1 saturated heterocycles. The van der Waals surface area contributed by atoms with Gasteiger partial charge >= 0.3 is 0 Å². The van der Waals surface area contributed by atoms with Crippen molar-refractivity contribution in [1.29, 1.82) is 0 Å². The summed E-state index contributed by atoms with van der Waals surface area (Å²) in [6.07, 6.45) is 11.5. The summed E-state index contributed by atoms with van der Waals surface area (Å²) in [4.78, 5) is 21.0. The van der Waals surface area contributed by atoms with Crippen LogP contribution in [0.25, 0.3) is 22.1 Å². The Hall–Kier alpha value is -3.33.